The fourth-order valence-corrected chi connectivity index (χ4v) is 1.16. The second-order valence-corrected chi connectivity index (χ2v) is 3.15. The van der Waals surface area contributed by atoms with E-state index in [9.17, 15) is 9.18 Å². The largest absolute Gasteiger partial charge is 0.347 e. The van der Waals surface area contributed by atoms with Crippen LogP contribution in [0.3, 0.4) is 0 Å². The first-order chi connectivity index (χ1) is 7.75. The van der Waals surface area contributed by atoms with Gasteiger partial charge >= 0.3 is 0 Å². The van der Waals surface area contributed by atoms with Crippen LogP contribution >= 0.6 is 0 Å². The predicted molar refractivity (Wildman–Crippen MR) is 54.0 cm³/mol. The highest BCUT2D eigenvalue weighted by Crippen LogP contribution is 1.99. The van der Waals surface area contributed by atoms with Crippen LogP contribution in [0.5, 0.6) is 0 Å². The van der Waals surface area contributed by atoms with E-state index in [-0.39, 0.29) is 11.6 Å². The Morgan fingerprint density at radius 2 is 2.31 bits per heavy atom. The third-order valence-corrected chi connectivity index (χ3v) is 1.97. The van der Waals surface area contributed by atoms with Crippen molar-refractivity contribution in [3.63, 3.8) is 0 Å². The molecule has 2 aromatic rings. The minimum Gasteiger partial charge on any atom is -0.347 e. The monoisotopic (exact) mass is 220 g/mol. The fraction of sp³-hybridized carbons (Fsp3) is 0.100. The van der Waals surface area contributed by atoms with Crippen molar-refractivity contribution in [3.05, 3.63) is 47.8 Å². The number of H-pyrrole nitrogens is 1. The van der Waals surface area contributed by atoms with E-state index >= 15 is 0 Å². The van der Waals surface area contributed by atoms with E-state index in [0.717, 1.165) is 11.8 Å². The standard InChI is InChI=1S/C10H9FN4O/c11-8-1-2-9(12-6-8)10(16)13-3-7-4-14-15-5-7/h1-2,4-6H,3H2,(H,13,16)(H,14,15). The molecule has 5 nitrogen and oxygen atoms in total. The van der Waals surface area contributed by atoms with Gasteiger partial charge in [-0.15, -0.1) is 0 Å². The van der Waals surface area contributed by atoms with Crippen LogP contribution < -0.4 is 5.32 Å². The number of carbonyl (C=O) groups is 1. The number of nitrogens with one attached hydrogen (secondary N) is 2. The zero-order valence-corrected chi connectivity index (χ0v) is 8.27. The molecule has 0 atom stereocenters. The first-order valence-electron chi connectivity index (χ1n) is 4.63. The van der Waals surface area contributed by atoms with Crippen LogP contribution in [0.2, 0.25) is 0 Å². The van der Waals surface area contributed by atoms with Crippen LogP contribution in [0.1, 0.15) is 16.1 Å². The lowest BCUT2D eigenvalue weighted by Gasteiger charge is -2.02. The molecule has 1 amide bonds. The maximum Gasteiger partial charge on any atom is 0.270 e. The summed E-state index contributed by atoms with van der Waals surface area (Å²) in [6.07, 6.45) is 4.30. The average molecular weight is 220 g/mol. The molecular weight excluding hydrogens is 211 g/mol. The molecule has 16 heavy (non-hydrogen) atoms. The van der Waals surface area contributed by atoms with Crippen molar-refractivity contribution in [1.29, 1.82) is 0 Å². The maximum absolute atomic E-state index is 12.6. The smallest absolute Gasteiger partial charge is 0.270 e. The quantitative estimate of drug-likeness (QED) is 0.806. The Hall–Kier alpha value is -2.24. The van der Waals surface area contributed by atoms with E-state index in [1.165, 1.54) is 12.1 Å². The number of nitrogens with zero attached hydrogens (tertiary/aromatic N) is 2. The van der Waals surface area contributed by atoms with E-state index in [0.29, 0.717) is 6.54 Å². The van der Waals surface area contributed by atoms with Crippen LogP contribution in [0, 0.1) is 5.82 Å². The van der Waals surface area contributed by atoms with E-state index in [2.05, 4.69) is 20.5 Å². The van der Waals surface area contributed by atoms with Crippen molar-refractivity contribution in [1.82, 2.24) is 20.5 Å². The highest BCUT2D eigenvalue weighted by atomic mass is 19.1. The molecule has 0 radical (unpaired) electrons. The van der Waals surface area contributed by atoms with E-state index in [4.69, 9.17) is 0 Å². The Balaban J connectivity index is 1.95. The van der Waals surface area contributed by atoms with E-state index < -0.39 is 5.82 Å². The number of halogens is 1. The van der Waals surface area contributed by atoms with Crippen molar-refractivity contribution >= 4 is 5.91 Å². The lowest BCUT2D eigenvalue weighted by Crippen LogP contribution is -2.23. The topological polar surface area (TPSA) is 70.7 Å². The highest BCUT2D eigenvalue weighted by Gasteiger charge is 2.06. The van der Waals surface area contributed by atoms with Gasteiger partial charge in [-0.3, -0.25) is 9.89 Å². The lowest BCUT2D eigenvalue weighted by atomic mass is 10.3. The number of amides is 1. The van der Waals surface area contributed by atoms with Gasteiger partial charge in [0.25, 0.3) is 5.91 Å². The zero-order valence-electron chi connectivity index (χ0n) is 8.27. The summed E-state index contributed by atoms with van der Waals surface area (Å²) in [6.45, 7) is 0.356. The maximum atomic E-state index is 12.6. The number of carbonyl (C=O) groups excluding carboxylic acids is 1. The summed E-state index contributed by atoms with van der Waals surface area (Å²) in [5.74, 6) is -0.812. The van der Waals surface area contributed by atoms with Crippen LogP contribution in [-0.2, 0) is 6.54 Å². The molecule has 82 valence electrons. The normalized spacial score (nSPS) is 10.1. The SMILES string of the molecule is O=C(NCc1cn[nH]c1)c1ccc(F)cn1. The van der Waals surface area contributed by atoms with E-state index in [1.807, 2.05) is 0 Å². The van der Waals surface area contributed by atoms with Gasteiger partial charge in [-0.1, -0.05) is 0 Å². The molecule has 0 aliphatic rings. The summed E-state index contributed by atoms with van der Waals surface area (Å²) < 4.78 is 12.6. The zero-order chi connectivity index (χ0) is 11.4. The lowest BCUT2D eigenvalue weighted by molar-refractivity contribution is 0.0946. The van der Waals surface area contributed by atoms with Gasteiger partial charge in [0.1, 0.15) is 11.5 Å². The molecule has 2 aromatic heterocycles. The van der Waals surface area contributed by atoms with Crippen molar-refractivity contribution in [2.75, 3.05) is 0 Å². The van der Waals surface area contributed by atoms with Gasteiger partial charge in [0.05, 0.1) is 12.4 Å². The minimum atomic E-state index is -0.466. The molecule has 0 saturated heterocycles. The molecule has 0 aliphatic carbocycles. The molecule has 0 saturated carbocycles. The van der Waals surface area contributed by atoms with Crippen molar-refractivity contribution in [2.24, 2.45) is 0 Å². The summed E-state index contributed by atoms with van der Waals surface area (Å²) in [5, 5.41) is 9.01. The summed E-state index contributed by atoms with van der Waals surface area (Å²) in [6, 6.07) is 2.53. The minimum absolute atomic E-state index is 0.185. The molecule has 0 aromatic carbocycles. The predicted octanol–water partition coefficient (Wildman–Crippen LogP) is 0.874. The molecular formula is C10H9FN4O. The first kappa shape index (κ1) is 10.3. The number of hydrogen-bond donors (Lipinski definition) is 2. The molecule has 2 rings (SSSR count). The van der Waals surface area contributed by atoms with Gasteiger partial charge in [-0.25, -0.2) is 9.37 Å². The number of aromatic amines is 1. The van der Waals surface area contributed by atoms with Gasteiger partial charge in [-0.05, 0) is 12.1 Å². The molecule has 2 N–H and O–H groups in total. The van der Waals surface area contributed by atoms with Gasteiger partial charge < -0.3 is 5.32 Å². The Kier molecular flexibility index (Phi) is 2.90. The van der Waals surface area contributed by atoms with Gasteiger partial charge in [0.15, 0.2) is 0 Å². The van der Waals surface area contributed by atoms with Crippen molar-refractivity contribution in [2.45, 2.75) is 6.54 Å². The van der Waals surface area contributed by atoms with Gasteiger partial charge in [0, 0.05) is 18.3 Å². The highest BCUT2D eigenvalue weighted by molar-refractivity contribution is 5.92. The molecule has 0 fully saturated rings. The van der Waals surface area contributed by atoms with Gasteiger partial charge in [0.2, 0.25) is 0 Å². The third kappa shape index (κ3) is 2.41. The number of rotatable bonds is 3. The van der Waals surface area contributed by atoms with Crippen LogP contribution in [0.25, 0.3) is 0 Å². The second-order valence-electron chi connectivity index (χ2n) is 3.15. The summed E-state index contributed by atoms with van der Waals surface area (Å²) in [5.41, 5.74) is 1.04. The molecule has 2 heterocycles. The Morgan fingerprint density at radius 1 is 1.44 bits per heavy atom. The Morgan fingerprint density at radius 3 is 2.94 bits per heavy atom. The first-order valence-corrected chi connectivity index (χ1v) is 4.63. The number of aromatic nitrogens is 3. The summed E-state index contributed by atoms with van der Waals surface area (Å²) >= 11 is 0. The molecule has 6 heteroatoms. The van der Waals surface area contributed by atoms with Crippen molar-refractivity contribution in [3.8, 4) is 0 Å². The number of hydrogen-bond acceptors (Lipinski definition) is 3. The van der Waals surface area contributed by atoms with Crippen molar-refractivity contribution < 1.29 is 9.18 Å². The molecule has 0 bridgehead atoms. The van der Waals surface area contributed by atoms with E-state index in [1.54, 1.807) is 12.4 Å². The number of pyridine rings is 1. The second kappa shape index (κ2) is 4.52. The molecule has 0 spiro atoms. The summed E-state index contributed by atoms with van der Waals surface area (Å²) in [7, 11) is 0. The fourth-order valence-electron chi connectivity index (χ4n) is 1.16. The van der Waals surface area contributed by atoms with Gasteiger partial charge in [-0.2, -0.15) is 5.10 Å². The average Bonchev–Trinajstić information content (AvgIpc) is 2.80. The molecule has 0 aliphatic heterocycles. The van der Waals surface area contributed by atoms with Crippen LogP contribution in [0.4, 0.5) is 4.39 Å². The Bertz CT molecular complexity index is 466. The third-order valence-electron chi connectivity index (χ3n) is 1.97. The molecule has 0 unspecified atom stereocenters. The van der Waals surface area contributed by atoms with Crippen LogP contribution in [0.15, 0.2) is 30.7 Å². The van der Waals surface area contributed by atoms with Crippen LogP contribution in [-0.4, -0.2) is 21.1 Å². The summed E-state index contributed by atoms with van der Waals surface area (Å²) in [4.78, 5) is 15.2. The Labute approximate surface area is 90.7 Å².